The van der Waals surface area contributed by atoms with E-state index in [4.69, 9.17) is 5.11 Å². The van der Waals surface area contributed by atoms with E-state index in [1.54, 1.807) is 0 Å². The van der Waals surface area contributed by atoms with Crippen molar-refractivity contribution < 1.29 is 14.7 Å². The van der Waals surface area contributed by atoms with Crippen LogP contribution in [0.5, 0.6) is 0 Å². The summed E-state index contributed by atoms with van der Waals surface area (Å²) in [6.45, 7) is 6.04. The van der Waals surface area contributed by atoms with Crippen LogP contribution < -0.4 is 5.32 Å². The molecule has 0 aliphatic carbocycles. The second kappa shape index (κ2) is 8.45. The van der Waals surface area contributed by atoms with E-state index in [1.807, 2.05) is 45.0 Å². The Hall–Kier alpha value is -1.84. The number of carbonyl (C=O) groups is 2. The normalized spacial score (nSPS) is 13.5. The van der Waals surface area contributed by atoms with Crippen molar-refractivity contribution in [2.45, 2.75) is 40.0 Å². The molecule has 2 N–H and O–H groups in total. The van der Waals surface area contributed by atoms with Crippen LogP contribution in [-0.2, 0) is 16.0 Å². The fourth-order valence-electron chi connectivity index (χ4n) is 2.23. The van der Waals surface area contributed by atoms with Gasteiger partial charge >= 0.3 is 5.97 Å². The fraction of sp³-hybridized carbons (Fsp3) is 0.529. The Labute approximate surface area is 126 Å². The largest absolute Gasteiger partial charge is 0.481 e. The van der Waals surface area contributed by atoms with Gasteiger partial charge in [0.25, 0.3) is 0 Å². The van der Waals surface area contributed by atoms with Gasteiger partial charge in [-0.05, 0) is 25.3 Å². The Morgan fingerprint density at radius 3 is 2.38 bits per heavy atom. The Morgan fingerprint density at radius 2 is 1.86 bits per heavy atom. The number of amides is 1. The molecule has 1 rings (SSSR count). The molecule has 0 spiro atoms. The maximum atomic E-state index is 12.0. The topological polar surface area (TPSA) is 66.4 Å². The highest BCUT2D eigenvalue weighted by molar-refractivity contribution is 5.79. The number of hydrogen-bond acceptors (Lipinski definition) is 2. The molecule has 1 aromatic rings. The second-order valence-electron chi connectivity index (χ2n) is 5.66. The Morgan fingerprint density at radius 1 is 1.24 bits per heavy atom. The van der Waals surface area contributed by atoms with E-state index in [0.29, 0.717) is 12.8 Å². The summed E-state index contributed by atoms with van der Waals surface area (Å²) < 4.78 is 0. The van der Waals surface area contributed by atoms with Gasteiger partial charge in [-0.15, -0.1) is 0 Å². The van der Waals surface area contributed by atoms with Crippen LogP contribution in [0.25, 0.3) is 0 Å². The summed E-state index contributed by atoms with van der Waals surface area (Å²) in [7, 11) is 0. The minimum Gasteiger partial charge on any atom is -0.481 e. The molecule has 1 amide bonds. The summed E-state index contributed by atoms with van der Waals surface area (Å²) in [6.07, 6.45) is 2.05. The van der Waals surface area contributed by atoms with Crippen molar-refractivity contribution in [2.24, 2.45) is 11.8 Å². The zero-order valence-corrected chi connectivity index (χ0v) is 13.1. The molecule has 0 heterocycles. The number of rotatable bonds is 8. The highest BCUT2D eigenvalue weighted by Crippen LogP contribution is 2.11. The van der Waals surface area contributed by atoms with Crippen molar-refractivity contribution in [1.29, 1.82) is 0 Å². The second-order valence-corrected chi connectivity index (χ2v) is 5.66. The van der Waals surface area contributed by atoms with E-state index < -0.39 is 11.9 Å². The quantitative estimate of drug-likeness (QED) is 0.774. The predicted molar refractivity (Wildman–Crippen MR) is 83.1 cm³/mol. The average Bonchev–Trinajstić information content (AvgIpc) is 2.45. The number of aryl methyl sites for hydroxylation is 1. The predicted octanol–water partition coefficient (Wildman–Crippen LogP) is 2.79. The molecular weight excluding hydrogens is 266 g/mol. The van der Waals surface area contributed by atoms with E-state index >= 15 is 0 Å². The molecule has 4 nitrogen and oxygen atoms in total. The molecule has 4 heteroatoms. The molecule has 0 radical (unpaired) electrons. The lowest BCUT2D eigenvalue weighted by Crippen LogP contribution is -2.36. The zero-order valence-electron chi connectivity index (χ0n) is 13.1. The van der Waals surface area contributed by atoms with Crippen LogP contribution >= 0.6 is 0 Å². The number of carboxylic acid groups (broad SMARTS) is 1. The molecule has 0 saturated heterocycles. The smallest absolute Gasteiger partial charge is 0.308 e. The van der Waals surface area contributed by atoms with Crippen molar-refractivity contribution in [3.8, 4) is 0 Å². The number of aliphatic carboxylic acids is 1. The Balaban J connectivity index is 2.47. The summed E-state index contributed by atoms with van der Waals surface area (Å²) in [5, 5.41) is 11.8. The maximum Gasteiger partial charge on any atom is 0.308 e. The van der Waals surface area contributed by atoms with E-state index in [2.05, 4.69) is 5.32 Å². The third kappa shape index (κ3) is 5.98. The lowest BCUT2D eigenvalue weighted by Gasteiger charge is -2.16. The van der Waals surface area contributed by atoms with E-state index in [1.165, 1.54) is 5.56 Å². The lowest BCUT2D eigenvalue weighted by atomic mass is 9.99. The van der Waals surface area contributed by atoms with Crippen LogP contribution in [0.4, 0.5) is 0 Å². The van der Waals surface area contributed by atoms with Crippen LogP contribution in [-0.4, -0.2) is 23.5 Å². The first-order valence-electron chi connectivity index (χ1n) is 7.50. The monoisotopic (exact) mass is 291 g/mol. The SMILES string of the molecule is CCCC(CNC(=O)C(C)Cc1ccc(C)cc1)C(=O)O. The zero-order chi connectivity index (χ0) is 15.8. The van der Waals surface area contributed by atoms with E-state index in [9.17, 15) is 9.59 Å². The first-order chi connectivity index (χ1) is 9.93. The van der Waals surface area contributed by atoms with Crippen molar-refractivity contribution in [3.05, 3.63) is 35.4 Å². The van der Waals surface area contributed by atoms with E-state index in [0.717, 1.165) is 12.0 Å². The summed E-state index contributed by atoms with van der Waals surface area (Å²) >= 11 is 0. The average molecular weight is 291 g/mol. The summed E-state index contributed by atoms with van der Waals surface area (Å²) in [4.78, 5) is 23.1. The van der Waals surface area contributed by atoms with Crippen molar-refractivity contribution >= 4 is 11.9 Å². The van der Waals surface area contributed by atoms with Crippen molar-refractivity contribution in [2.75, 3.05) is 6.54 Å². The van der Waals surface area contributed by atoms with Gasteiger partial charge in [-0.1, -0.05) is 50.1 Å². The van der Waals surface area contributed by atoms with Gasteiger partial charge in [0.2, 0.25) is 5.91 Å². The molecule has 0 aromatic heterocycles. The molecule has 21 heavy (non-hydrogen) atoms. The first kappa shape index (κ1) is 17.2. The van der Waals surface area contributed by atoms with Gasteiger partial charge in [0.1, 0.15) is 0 Å². The number of nitrogens with one attached hydrogen (secondary N) is 1. The highest BCUT2D eigenvalue weighted by Gasteiger charge is 2.19. The van der Waals surface area contributed by atoms with Gasteiger partial charge in [-0.3, -0.25) is 9.59 Å². The number of hydrogen-bond donors (Lipinski definition) is 2. The molecular formula is C17H25NO3. The van der Waals surface area contributed by atoms with Crippen LogP contribution in [0, 0.1) is 18.8 Å². The molecule has 0 bridgehead atoms. The number of benzene rings is 1. The molecule has 0 aliphatic heterocycles. The summed E-state index contributed by atoms with van der Waals surface area (Å²) in [6, 6.07) is 8.11. The van der Waals surface area contributed by atoms with Gasteiger partial charge in [-0.2, -0.15) is 0 Å². The van der Waals surface area contributed by atoms with Crippen LogP contribution in [0.15, 0.2) is 24.3 Å². The molecule has 1 aromatic carbocycles. The van der Waals surface area contributed by atoms with Crippen LogP contribution in [0.1, 0.15) is 37.8 Å². The van der Waals surface area contributed by atoms with Gasteiger partial charge in [-0.25, -0.2) is 0 Å². The molecule has 0 saturated carbocycles. The third-order valence-corrected chi connectivity index (χ3v) is 3.62. The summed E-state index contributed by atoms with van der Waals surface area (Å²) in [5.74, 6) is -1.59. The molecule has 0 fully saturated rings. The highest BCUT2D eigenvalue weighted by atomic mass is 16.4. The van der Waals surface area contributed by atoms with Crippen molar-refractivity contribution in [3.63, 3.8) is 0 Å². The van der Waals surface area contributed by atoms with Crippen LogP contribution in [0.2, 0.25) is 0 Å². The first-order valence-corrected chi connectivity index (χ1v) is 7.50. The van der Waals surface area contributed by atoms with Gasteiger partial charge in [0.15, 0.2) is 0 Å². The molecule has 116 valence electrons. The number of carbonyl (C=O) groups excluding carboxylic acids is 1. The van der Waals surface area contributed by atoms with Crippen LogP contribution in [0.3, 0.4) is 0 Å². The summed E-state index contributed by atoms with van der Waals surface area (Å²) in [5.41, 5.74) is 2.31. The van der Waals surface area contributed by atoms with E-state index in [-0.39, 0.29) is 18.4 Å². The molecule has 0 aliphatic rings. The van der Waals surface area contributed by atoms with Gasteiger partial charge in [0.05, 0.1) is 5.92 Å². The Bertz CT molecular complexity index is 467. The maximum absolute atomic E-state index is 12.0. The minimum absolute atomic E-state index is 0.0853. The molecule has 2 unspecified atom stereocenters. The molecule has 2 atom stereocenters. The third-order valence-electron chi connectivity index (χ3n) is 3.62. The standard InChI is InChI=1S/C17H25NO3/c1-4-5-15(17(20)21)11-18-16(19)13(3)10-14-8-6-12(2)7-9-14/h6-9,13,15H,4-5,10-11H2,1-3H3,(H,18,19)(H,20,21). The fourth-order valence-corrected chi connectivity index (χ4v) is 2.23. The number of carboxylic acids is 1. The minimum atomic E-state index is -0.844. The van der Waals surface area contributed by atoms with Crippen molar-refractivity contribution in [1.82, 2.24) is 5.32 Å². The van der Waals surface area contributed by atoms with Gasteiger partial charge < -0.3 is 10.4 Å². The lowest BCUT2D eigenvalue weighted by molar-refractivity contribution is -0.142. The van der Waals surface area contributed by atoms with Gasteiger partial charge in [0, 0.05) is 12.5 Å². The Kier molecular flexibility index (Phi) is 6.92.